The lowest BCUT2D eigenvalue weighted by Gasteiger charge is -2.36. The molecule has 0 bridgehead atoms. The Kier molecular flexibility index (Phi) is 6.29. The number of nitro groups is 1. The Labute approximate surface area is 188 Å². The summed E-state index contributed by atoms with van der Waals surface area (Å²) in [7, 11) is 1.26. The Bertz CT molecular complexity index is 1170. The third kappa shape index (κ3) is 4.66. The zero-order valence-corrected chi connectivity index (χ0v) is 17.8. The van der Waals surface area contributed by atoms with Gasteiger partial charge in [0.05, 0.1) is 23.3 Å². The minimum absolute atomic E-state index is 0.0256. The van der Waals surface area contributed by atoms with Gasteiger partial charge in [0, 0.05) is 31.9 Å². The maximum atomic E-state index is 13.2. The SMILES string of the molecule is COC(=O)c1ccccc1Nc1ncnc(N2CCN(c3ccc(F)cc3)CC2)c1[N+](=O)[O-]. The second kappa shape index (κ2) is 9.47. The van der Waals surface area contributed by atoms with Gasteiger partial charge in [-0.05, 0) is 36.4 Å². The van der Waals surface area contributed by atoms with Crippen molar-refractivity contribution in [2.24, 2.45) is 0 Å². The van der Waals surface area contributed by atoms with E-state index in [0.29, 0.717) is 31.9 Å². The van der Waals surface area contributed by atoms with Gasteiger partial charge < -0.3 is 19.9 Å². The summed E-state index contributed by atoms with van der Waals surface area (Å²) in [6.07, 6.45) is 1.25. The molecule has 0 saturated carbocycles. The molecule has 0 unspecified atom stereocenters. The lowest BCUT2D eigenvalue weighted by molar-refractivity contribution is -0.383. The summed E-state index contributed by atoms with van der Waals surface area (Å²) in [6.45, 7) is 2.13. The number of anilines is 4. The third-order valence-corrected chi connectivity index (χ3v) is 5.34. The Morgan fingerprint density at radius 3 is 2.39 bits per heavy atom. The zero-order valence-electron chi connectivity index (χ0n) is 17.8. The number of nitrogens with one attached hydrogen (secondary N) is 1. The van der Waals surface area contributed by atoms with Gasteiger partial charge in [0.1, 0.15) is 12.1 Å². The van der Waals surface area contributed by atoms with Gasteiger partial charge in [0.25, 0.3) is 0 Å². The smallest absolute Gasteiger partial charge is 0.353 e. The molecule has 33 heavy (non-hydrogen) atoms. The van der Waals surface area contributed by atoms with E-state index in [4.69, 9.17) is 4.74 Å². The number of piperazine rings is 1. The molecule has 11 heteroatoms. The number of halogens is 1. The van der Waals surface area contributed by atoms with Gasteiger partial charge >= 0.3 is 11.7 Å². The molecule has 0 atom stereocenters. The van der Waals surface area contributed by atoms with Gasteiger partial charge in [-0.25, -0.2) is 19.2 Å². The van der Waals surface area contributed by atoms with Crippen LogP contribution in [0.25, 0.3) is 0 Å². The molecule has 0 aliphatic carbocycles. The number of nitrogens with zero attached hydrogens (tertiary/aromatic N) is 5. The standard InChI is InChI=1S/C22H21FN6O4/c1-33-22(30)17-4-2-3-5-18(17)26-20-19(29(31)32)21(25-14-24-20)28-12-10-27(11-13-28)16-8-6-15(23)7-9-16/h2-9,14H,10-13H2,1H3,(H,24,25,26). The minimum atomic E-state index is -0.577. The van der Waals surface area contributed by atoms with Crippen molar-refractivity contribution in [2.45, 2.75) is 0 Å². The largest absolute Gasteiger partial charge is 0.465 e. The summed E-state index contributed by atoms with van der Waals surface area (Å²) in [5.74, 6) is -0.719. The highest BCUT2D eigenvalue weighted by Gasteiger charge is 2.30. The second-order valence-electron chi connectivity index (χ2n) is 7.26. The van der Waals surface area contributed by atoms with E-state index in [1.807, 2.05) is 4.90 Å². The van der Waals surface area contributed by atoms with E-state index in [-0.39, 0.29) is 28.7 Å². The molecule has 1 N–H and O–H groups in total. The van der Waals surface area contributed by atoms with Crippen LogP contribution in [0.15, 0.2) is 54.9 Å². The van der Waals surface area contributed by atoms with E-state index in [1.54, 1.807) is 36.4 Å². The number of carbonyl (C=O) groups excluding carboxylic acids is 1. The van der Waals surface area contributed by atoms with Crippen molar-refractivity contribution in [1.29, 1.82) is 0 Å². The van der Waals surface area contributed by atoms with Crippen LogP contribution in [-0.4, -0.2) is 54.1 Å². The van der Waals surface area contributed by atoms with Crippen LogP contribution in [0.2, 0.25) is 0 Å². The summed E-state index contributed by atoms with van der Waals surface area (Å²) in [5, 5.41) is 14.9. The van der Waals surface area contributed by atoms with Gasteiger partial charge in [-0.3, -0.25) is 10.1 Å². The number of benzene rings is 2. The first-order chi connectivity index (χ1) is 16.0. The van der Waals surface area contributed by atoms with E-state index in [2.05, 4.69) is 20.2 Å². The quantitative estimate of drug-likeness (QED) is 0.341. The highest BCUT2D eigenvalue weighted by Crippen LogP contribution is 2.35. The molecule has 0 spiro atoms. The number of hydrogen-bond acceptors (Lipinski definition) is 9. The van der Waals surface area contributed by atoms with Gasteiger partial charge in [-0.2, -0.15) is 0 Å². The number of ether oxygens (including phenoxy) is 1. The molecule has 1 fully saturated rings. The highest BCUT2D eigenvalue weighted by atomic mass is 19.1. The van der Waals surface area contributed by atoms with Gasteiger partial charge in [-0.1, -0.05) is 12.1 Å². The molecule has 1 saturated heterocycles. The molecule has 1 aliphatic rings. The monoisotopic (exact) mass is 452 g/mol. The van der Waals surface area contributed by atoms with Crippen LogP contribution in [0.1, 0.15) is 10.4 Å². The Morgan fingerprint density at radius 1 is 1.06 bits per heavy atom. The maximum absolute atomic E-state index is 13.2. The molecular weight excluding hydrogens is 431 g/mol. The van der Waals surface area contributed by atoms with E-state index >= 15 is 0 Å². The summed E-state index contributed by atoms with van der Waals surface area (Å²) >= 11 is 0. The molecule has 0 radical (unpaired) electrons. The van der Waals surface area contributed by atoms with Gasteiger partial charge in [0.2, 0.25) is 11.6 Å². The first kappa shape index (κ1) is 21.9. The Hall–Kier alpha value is -4.28. The number of carbonyl (C=O) groups is 1. The van der Waals surface area contributed by atoms with Crippen molar-refractivity contribution in [3.05, 3.63) is 76.4 Å². The molecule has 1 aliphatic heterocycles. The van der Waals surface area contributed by atoms with Crippen LogP contribution in [0.5, 0.6) is 0 Å². The van der Waals surface area contributed by atoms with Crippen molar-refractivity contribution in [3.8, 4) is 0 Å². The predicted molar refractivity (Wildman–Crippen MR) is 121 cm³/mol. The first-order valence-corrected chi connectivity index (χ1v) is 10.2. The van der Waals surface area contributed by atoms with Crippen LogP contribution >= 0.6 is 0 Å². The lowest BCUT2D eigenvalue weighted by Crippen LogP contribution is -2.47. The average Bonchev–Trinajstić information content (AvgIpc) is 2.84. The van der Waals surface area contributed by atoms with Crippen LogP contribution in [0.3, 0.4) is 0 Å². The van der Waals surface area contributed by atoms with Crippen LogP contribution < -0.4 is 15.1 Å². The van der Waals surface area contributed by atoms with Crippen LogP contribution in [0, 0.1) is 15.9 Å². The molecule has 2 aromatic carbocycles. The predicted octanol–water partition coefficient (Wildman–Crippen LogP) is 3.38. The fourth-order valence-electron chi connectivity index (χ4n) is 3.70. The summed E-state index contributed by atoms with van der Waals surface area (Å²) < 4.78 is 18.0. The second-order valence-corrected chi connectivity index (χ2v) is 7.26. The van der Waals surface area contributed by atoms with Crippen molar-refractivity contribution in [1.82, 2.24) is 9.97 Å². The highest BCUT2D eigenvalue weighted by molar-refractivity contribution is 5.96. The molecule has 4 rings (SSSR count). The van der Waals surface area contributed by atoms with Gasteiger partial charge in [-0.15, -0.1) is 0 Å². The number of aromatic nitrogens is 2. The maximum Gasteiger partial charge on any atom is 0.353 e. The number of rotatable bonds is 6. The fraction of sp³-hybridized carbons (Fsp3) is 0.227. The molecule has 1 aromatic heterocycles. The van der Waals surface area contributed by atoms with Crippen molar-refractivity contribution >= 4 is 34.7 Å². The summed E-state index contributed by atoms with van der Waals surface area (Å²) in [6, 6.07) is 12.7. The average molecular weight is 452 g/mol. The minimum Gasteiger partial charge on any atom is -0.465 e. The molecule has 0 amide bonds. The number of hydrogen-bond donors (Lipinski definition) is 1. The number of esters is 1. The summed E-state index contributed by atoms with van der Waals surface area (Å²) in [4.78, 5) is 35.7. The van der Waals surface area contributed by atoms with Crippen LogP contribution in [0.4, 0.5) is 33.1 Å². The van der Waals surface area contributed by atoms with Crippen molar-refractivity contribution in [3.63, 3.8) is 0 Å². The van der Waals surface area contributed by atoms with Gasteiger partial charge in [0.15, 0.2) is 0 Å². The molecule has 3 aromatic rings. The zero-order chi connectivity index (χ0) is 23.4. The molecule has 170 valence electrons. The van der Waals surface area contributed by atoms with Crippen molar-refractivity contribution in [2.75, 3.05) is 48.4 Å². The Balaban J connectivity index is 1.59. The Morgan fingerprint density at radius 2 is 1.73 bits per heavy atom. The van der Waals surface area contributed by atoms with E-state index < -0.39 is 10.9 Å². The van der Waals surface area contributed by atoms with Crippen LogP contribution in [-0.2, 0) is 4.74 Å². The molecular formula is C22H21FN6O4. The third-order valence-electron chi connectivity index (χ3n) is 5.34. The first-order valence-electron chi connectivity index (χ1n) is 10.2. The van der Waals surface area contributed by atoms with E-state index in [1.165, 1.54) is 25.6 Å². The normalized spacial score (nSPS) is 13.5. The topological polar surface area (TPSA) is 114 Å². The van der Waals surface area contributed by atoms with Crippen molar-refractivity contribution < 1.29 is 18.8 Å². The molecule has 2 heterocycles. The van der Waals surface area contributed by atoms with E-state index in [9.17, 15) is 19.3 Å². The summed E-state index contributed by atoms with van der Waals surface area (Å²) in [5.41, 5.74) is 1.16. The number of methoxy groups -OCH3 is 1. The molecule has 10 nitrogen and oxygen atoms in total. The lowest BCUT2D eigenvalue weighted by atomic mass is 10.1. The fourth-order valence-corrected chi connectivity index (χ4v) is 3.70. The number of para-hydroxylation sites is 1. The van der Waals surface area contributed by atoms with E-state index in [0.717, 1.165) is 5.69 Å².